The van der Waals surface area contributed by atoms with Gasteiger partial charge in [-0.25, -0.2) is 5.43 Å². The van der Waals surface area contributed by atoms with E-state index in [2.05, 4.69) is 20.7 Å². The number of carbonyl (C=O) groups excluding carboxylic acids is 1. The van der Waals surface area contributed by atoms with Gasteiger partial charge < -0.3 is 4.57 Å². The molecule has 2 aromatic carbocycles. The molecule has 3 rings (SSSR count). The molecule has 3 aromatic rings. The summed E-state index contributed by atoms with van der Waals surface area (Å²) in [6.07, 6.45) is 4.44. The summed E-state index contributed by atoms with van der Waals surface area (Å²) in [5.74, 6) is 0.578. The van der Waals surface area contributed by atoms with Gasteiger partial charge in [0.1, 0.15) is 0 Å². The number of hydrogen-bond donors (Lipinski definition) is 1. The highest BCUT2D eigenvalue weighted by atomic mass is 32.2. The second kappa shape index (κ2) is 10.8. The molecule has 0 radical (unpaired) electrons. The molecule has 1 aromatic heterocycles. The van der Waals surface area contributed by atoms with Crippen molar-refractivity contribution >= 4 is 35.6 Å². The summed E-state index contributed by atoms with van der Waals surface area (Å²) in [5.41, 5.74) is 3.84. The number of hydrazone groups is 1. The molecule has 0 aliphatic heterocycles. The third-order valence-electron chi connectivity index (χ3n) is 4.16. The fraction of sp³-hybridized carbons (Fsp3) is 0.143. The molecule has 0 saturated heterocycles. The van der Waals surface area contributed by atoms with Crippen LogP contribution in [0.15, 0.2) is 70.9 Å². The van der Waals surface area contributed by atoms with Crippen LogP contribution in [0, 0.1) is 10.1 Å². The largest absolute Gasteiger partial charge is 0.302 e. The van der Waals surface area contributed by atoms with E-state index in [-0.39, 0.29) is 17.3 Å². The number of nitrogens with one attached hydrogen (secondary N) is 1. The number of rotatable bonds is 9. The van der Waals surface area contributed by atoms with E-state index in [4.69, 9.17) is 0 Å². The minimum Gasteiger partial charge on any atom is -0.302 e. The van der Waals surface area contributed by atoms with Crippen molar-refractivity contribution in [3.05, 3.63) is 76.4 Å². The van der Waals surface area contributed by atoms with Crippen LogP contribution in [0.3, 0.4) is 0 Å². The normalized spacial score (nSPS) is 11.3. The molecule has 0 fully saturated rings. The van der Waals surface area contributed by atoms with Gasteiger partial charge in [-0.15, -0.1) is 10.2 Å². The quantitative estimate of drug-likeness (QED) is 0.236. The number of amides is 1. The van der Waals surface area contributed by atoms with Crippen LogP contribution < -0.4 is 5.43 Å². The van der Waals surface area contributed by atoms with Crippen molar-refractivity contribution in [2.75, 3.05) is 5.75 Å². The summed E-state index contributed by atoms with van der Waals surface area (Å²) in [6, 6.07) is 16.1. The maximum atomic E-state index is 12.1. The first kappa shape index (κ1) is 21.9. The van der Waals surface area contributed by atoms with Crippen molar-refractivity contribution in [1.82, 2.24) is 20.2 Å². The molecule has 0 saturated carbocycles. The summed E-state index contributed by atoms with van der Waals surface area (Å²) in [4.78, 5) is 22.6. The van der Waals surface area contributed by atoms with Gasteiger partial charge in [-0.1, -0.05) is 54.2 Å². The molecule has 10 heteroatoms. The van der Waals surface area contributed by atoms with Crippen LogP contribution in [0.4, 0.5) is 5.69 Å². The standard InChI is InChI=1S/C21H20N6O3S/c1-2-26-20(17-10-4-3-5-11-17)24-25-21(26)31-15-19(28)23-22-14-8-12-16-9-6-7-13-18(16)27(29)30/h3-14H,2,15H2,1H3,(H,23,28)/b12-8-,22-14-. The Kier molecular flexibility index (Phi) is 7.66. The summed E-state index contributed by atoms with van der Waals surface area (Å²) < 4.78 is 1.95. The molecule has 158 valence electrons. The highest BCUT2D eigenvalue weighted by Gasteiger charge is 2.14. The Bertz CT molecular complexity index is 1110. The first-order chi connectivity index (χ1) is 15.1. The number of benzene rings is 2. The van der Waals surface area contributed by atoms with Crippen molar-refractivity contribution < 1.29 is 9.72 Å². The Balaban J connectivity index is 1.53. The van der Waals surface area contributed by atoms with Gasteiger partial charge in [-0.3, -0.25) is 14.9 Å². The van der Waals surface area contributed by atoms with Crippen LogP contribution in [0.5, 0.6) is 0 Å². The number of hydrogen-bond acceptors (Lipinski definition) is 7. The lowest BCUT2D eigenvalue weighted by atomic mass is 10.2. The minimum absolute atomic E-state index is 0.00231. The molecule has 31 heavy (non-hydrogen) atoms. The van der Waals surface area contributed by atoms with E-state index in [1.807, 2.05) is 41.8 Å². The molecule has 0 atom stereocenters. The third-order valence-corrected chi connectivity index (χ3v) is 5.12. The molecule has 1 amide bonds. The zero-order chi connectivity index (χ0) is 22.1. The summed E-state index contributed by atoms with van der Waals surface area (Å²) in [5, 5.41) is 23.9. The number of nitro groups is 1. The lowest BCUT2D eigenvalue weighted by Gasteiger charge is -2.06. The van der Waals surface area contributed by atoms with E-state index in [9.17, 15) is 14.9 Å². The van der Waals surface area contributed by atoms with E-state index in [0.29, 0.717) is 17.3 Å². The first-order valence-corrected chi connectivity index (χ1v) is 10.4. The van der Waals surface area contributed by atoms with Crippen molar-refractivity contribution in [3.8, 4) is 11.4 Å². The molecule has 0 bridgehead atoms. The van der Waals surface area contributed by atoms with Crippen molar-refractivity contribution in [2.45, 2.75) is 18.6 Å². The molecule has 1 heterocycles. The monoisotopic (exact) mass is 436 g/mol. The number of thioether (sulfide) groups is 1. The predicted octanol–water partition coefficient (Wildman–Crippen LogP) is 3.78. The number of nitrogens with zero attached hydrogens (tertiary/aromatic N) is 5. The van der Waals surface area contributed by atoms with Gasteiger partial charge in [0, 0.05) is 24.4 Å². The zero-order valence-corrected chi connectivity index (χ0v) is 17.5. The van der Waals surface area contributed by atoms with E-state index >= 15 is 0 Å². The number of para-hydroxylation sites is 1. The van der Waals surface area contributed by atoms with Crippen LogP contribution in [-0.4, -0.2) is 37.6 Å². The summed E-state index contributed by atoms with van der Waals surface area (Å²) >= 11 is 1.27. The second-order valence-corrected chi connectivity index (χ2v) is 7.14. The van der Waals surface area contributed by atoms with E-state index < -0.39 is 4.92 Å². The smallest absolute Gasteiger partial charge is 0.276 e. The van der Waals surface area contributed by atoms with Crippen LogP contribution >= 0.6 is 11.8 Å². The Morgan fingerprint density at radius 1 is 1.19 bits per heavy atom. The van der Waals surface area contributed by atoms with Gasteiger partial charge in [-0.2, -0.15) is 5.10 Å². The van der Waals surface area contributed by atoms with E-state index in [1.165, 1.54) is 30.1 Å². The molecule has 0 spiro atoms. The van der Waals surface area contributed by atoms with Gasteiger partial charge in [0.05, 0.1) is 16.2 Å². The minimum atomic E-state index is -0.450. The van der Waals surface area contributed by atoms with Crippen molar-refractivity contribution in [3.63, 3.8) is 0 Å². The van der Waals surface area contributed by atoms with Crippen molar-refractivity contribution in [2.24, 2.45) is 5.10 Å². The van der Waals surface area contributed by atoms with Crippen LogP contribution in [-0.2, 0) is 11.3 Å². The fourth-order valence-corrected chi connectivity index (χ4v) is 3.53. The zero-order valence-electron chi connectivity index (χ0n) is 16.7. The molecule has 0 unspecified atom stereocenters. The number of aromatic nitrogens is 3. The molecular weight excluding hydrogens is 416 g/mol. The average Bonchev–Trinajstić information content (AvgIpc) is 3.21. The SMILES string of the molecule is CCn1c(SCC(=O)N/N=C\C=C/c2ccccc2[N+](=O)[O-])nnc1-c1ccccc1. The predicted molar refractivity (Wildman–Crippen MR) is 121 cm³/mol. The molecule has 9 nitrogen and oxygen atoms in total. The first-order valence-electron chi connectivity index (χ1n) is 9.43. The molecule has 0 aliphatic carbocycles. The van der Waals surface area contributed by atoms with Gasteiger partial charge in [-0.05, 0) is 25.1 Å². The van der Waals surface area contributed by atoms with Crippen LogP contribution in [0.1, 0.15) is 12.5 Å². The summed E-state index contributed by atoms with van der Waals surface area (Å²) in [7, 11) is 0. The topological polar surface area (TPSA) is 115 Å². The van der Waals surface area contributed by atoms with Crippen LogP contribution in [0.25, 0.3) is 17.5 Å². The van der Waals surface area contributed by atoms with Crippen LogP contribution in [0.2, 0.25) is 0 Å². The highest BCUT2D eigenvalue weighted by molar-refractivity contribution is 7.99. The van der Waals surface area contributed by atoms with E-state index in [0.717, 1.165) is 11.4 Å². The molecule has 0 aliphatic rings. The number of nitro benzene ring substituents is 1. The Labute approximate surface area is 183 Å². The Morgan fingerprint density at radius 2 is 1.94 bits per heavy atom. The molecular formula is C21H20N6O3S. The Morgan fingerprint density at radius 3 is 2.68 bits per heavy atom. The lowest BCUT2D eigenvalue weighted by Crippen LogP contribution is -2.19. The maximum absolute atomic E-state index is 12.1. The maximum Gasteiger partial charge on any atom is 0.276 e. The Hall–Kier alpha value is -3.79. The van der Waals surface area contributed by atoms with Gasteiger partial charge in [0.2, 0.25) is 0 Å². The average molecular weight is 436 g/mol. The van der Waals surface area contributed by atoms with Crippen molar-refractivity contribution in [1.29, 1.82) is 0 Å². The summed E-state index contributed by atoms with van der Waals surface area (Å²) in [6.45, 7) is 2.67. The number of carbonyl (C=O) groups is 1. The highest BCUT2D eigenvalue weighted by Crippen LogP contribution is 2.23. The van der Waals surface area contributed by atoms with Gasteiger partial charge in [0.15, 0.2) is 11.0 Å². The lowest BCUT2D eigenvalue weighted by molar-refractivity contribution is -0.385. The van der Waals surface area contributed by atoms with Gasteiger partial charge in [0.25, 0.3) is 11.6 Å². The molecule has 1 N–H and O–H groups in total. The second-order valence-electron chi connectivity index (χ2n) is 6.19. The third kappa shape index (κ3) is 5.86. The van der Waals surface area contributed by atoms with E-state index in [1.54, 1.807) is 24.3 Å². The van der Waals surface area contributed by atoms with Gasteiger partial charge >= 0.3 is 0 Å². The fourth-order valence-electron chi connectivity index (χ4n) is 2.74. The number of allylic oxidation sites excluding steroid dienone is 1.